The van der Waals surface area contributed by atoms with Crippen molar-refractivity contribution in [2.45, 2.75) is 45.7 Å². The molecule has 1 fully saturated rings. The Hall–Kier alpha value is -1.02. The van der Waals surface area contributed by atoms with Gasteiger partial charge in [0.15, 0.2) is 0 Å². The van der Waals surface area contributed by atoms with Gasteiger partial charge in [-0.3, -0.25) is 0 Å². The van der Waals surface area contributed by atoms with E-state index in [0.29, 0.717) is 0 Å². The fourth-order valence-electron chi connectivity index (χ4n) is 2.33. The molecular weight excluding hydrogens is 198 g/mol. The molecule has 0 amide bonds. The van der Waals surface area contributed by atoms with Crippen molar-refractivity contribution in [2.75, 3.05) is 7.11 Å². The summed E-state index contributed by atoms with van der Waals surface area (Å²) in [5, 5.41) is 3.58. The Bertz CT molecular complexity index is 369. The highest BCUT2D eigenvalue weighted by Crippen LogP contribution is 2.26. The van der Waals surface area contributed by atoms with Gasteiger partial charge in [-0.1, -0.05) is 24.1 Å². The molecule has 0 bridgehead atoms. The predicted molar refractivity (Wildman–Crippen MR) is 66.9 cm³/mol. The summed E-state index contributed by atoms with van der Waals surface area (Å²) >= 11 is 0. The quantitative estimate of drug-likeness (QED) is 0.840. The SMILES string of the molecule is COc1c(C)cc(C)cc1CNC1CCC1. The van der Waals surface area contributed by atoms with Crippen LogP contribution in [0.25, 0.3) is 0 Å². The van der Waals surface area contributed by atoms with E-state index in [1.807, 2.05) is 0 Å². The summed E-state index contributed by atoms with van der Waals surface area (Å²) < 4.78 is 5.48. The van der Waals surface area contributed by atoms with Crippen molar-refractivity contribution in [3.63, 3.8) is 0 Å². The third kappa shape index (κ3) is 2.38. The highest BCUT2D eigenvalue weighted by molar-refractivity contribution is 5.43. The van der Waals surface area contributed by atoms with Gasteiger partial charge in [0, 0.05) is 18.2 Å². The van der Waals surface area contributed by atoms with E-state index in [9.17, 15) is 0 Å². The first-order valence-electron chi connectivity index (χ1n) is 6.08. The Morgan fingerprint density at radius 1 is 1.31 bits per heavy atom. The molecule has 88 valence electrons. The fraction of sp³-hybridized carbons (Fsp3) is 0.571. The van der Waals surface area contributed by atoms with E-state index in [1.54, 1.807) is 7.11 Å². The first-order chi connectivity index (χ1) is 7.70. The Balaban J connectivity index is 2.10. The standard InChI is InChI=1S/C14H21NO/c1-10-7-11(2)14(16-3)12(8-10)9-15-13-5-4-6-13/h7-8,13,15H,4-6,9H2,1-3H3. The molecule has 2 nitrogen and oxygen atoms in total. The molecule has 0 radical (unpaired) electrons. The Labute approximate surface area is 98.0 Å². The molecule has 0 spiro atoms. The van der Waals surface area contributed by atoms with Crippen molar-refractivity contribution in [1.82, 2.24) is 5.32 Å². The molecule has 0 unspecified atom stereocenters. The van der Waals surface area contributed by atoms with Crippen molar-refractivity contribution in [3.8, 4) is 5.75 Å². The van der Waals surface area contributed by atoms with Crippen LogP contribution < -0.4 is 10.1 Å². The van der Waals surface area contributed by atoms with Crippen LogP contribution in [0.1, 0.15) is 36.0 Å². The molecule has 0 aromatic heterocycles. The number of nitrogens with one attached hydrogen (secondary N) is 1. The Morgan fingerprint density at radius 3 is 2.62 bits per heavy atom. The number of ether oxygens (including phenoxy) is 1. The summed E-state index contributed by atoms with van der Waals surface area (Å²) in [4.78, 5) is 0. The van der Waals surface area contributed by atoms with Crippen molar-refractivity contribution in [1.29, 1.82) is 0 Å². The van der Waals surface area contributed by atoms with Crippen LogP contribution in [-0.4, -0.2) is 13.2 Å². The molecule has 1 saturated carbocycles. The molecule has 1 aliphatic carbocycles. The van der Waals surface area contributed by atoms with Crippen LogP contribution in [0.2, 0.25) is 0 Å². The maximum absolute atomic E-state index is 5.48. The maximum atomic E-state index is 5.48. The summed E-state index contributed by atoms with van der Waals surface area (Å²) in [6.07, 6.45) is 4.03. The lowest BCUT2D eigenvalue weighted by Gasteiger charge is -2.27. The monoisotopic (exact) mass is 219 g/mol. The average Bonchev–Trinajstić information content (AvgIpc) is 2.14. The minimum absolute atomic E-state index is 0.727. The minimum atomic E-state index is 0.727. The van der Waals surface area contributed by atoms with Crippen molar-refractivity contribution in [3.05, 3.63) is 28.8 Å². The second-order valence-corrected chi connectivity index (χ2v) is 4.78. The normalized spacial score (nSPS) is 15.9. The minimum Gasteiger partial charge on any atom is -0.496 e. The summed E-state index contributed by atoms with van der Waals surface area (Å²) in [6.45, 7) is 5.17. The zero-order chi connectivity index (χ0) is 11.5. The van der Waals surface area contributed by atoms with Crippen LogP contribution in [0.4, 0.5) is 0 Å². The number of methoxy groups -OCH3 is 1. The molecule has 1 aromatic carbocycles. The highest BCUT2D eigenvalue weighted by Gasteiger charge is 2.17. The van der Waals surface area contributed by atoms with Crippen LogP contribution in [0, 0.1) is 13.8 Å². The second-order valence-electron chi connectivity index (χ2n) is 4.78. The summed E-state index contributed by atoms with van der Waals surface area (Å²) in [6, 6.07) is 5.12. The van der Waals surface area contributed by atoms with Gasteiger partial charge in [0.25, 0.3) is 0 Å². The summed E-state index contributed by atoms with van der Waals surface area (Å²) in [7, 11) is 1.75. The summed E-state index contributed by atoms with van der Waals surface area (Å²) in [5.74, 6) is 1.04. The number of hydrogen-bond donors (Lipinski definition) is 1. The smallest absolute Gasteiger partial charge is 0.126 e. The highest BCUT2D eigenvalue weighted by atomic mass is 16.5. The number of aryl methyl sites for hydroxylation is 2. The van der Waals surface area contributed by atoms with E-state index in [-0.39, 0.29) is 0 Å². The zero-order valence-corrected chi connectivity index (χ0v) is 10.5. The Kier molecular flexibility index (Phi) is 3.49. The van der Waals surface area contributed by atoms with E-state index in [1.165, 1.54) is 36.0 Å². The molecule has 0 heterocycles. The molecule has 0 aliphatic heterocycles. The molecule has 1 aliphatic rings. The van der Waals surface area contributed by atoms with Crippen molar-refractivity contribution < 1.29 is 4.74 Å². The van der Waals surface area contributed by atoms with E-state index < -0.39 is 0 Å². The topological polar surface area (TPSA) is 21.3 Å². The van der Waals surface area contributed by atoms with E-state index in [4.69, 9.17) is 4.74 Å². The maximum Gasteiger partial charge on any atom is 0.126 e. The zero-order valence-electron chi connectivity index (χ0n) is 10.5. The van der Waals surface area contributed by atoms with E-state index in [2.05, 4.69) is 31.3 Å². The molecule has 2 rings (SSSR count). The van der Waals surface area contributed by atoms with Gasteiger partial charge < -0.3 is 10.1 Å². The second kappa shape index (κ2) is 4.88. The van der Waals surface area contributed by atoms with Crippen LogP contribution in [-0.2, 0) is 6.54 Å². The van der Waals surface area contributed by atoms with Crippen LogP contribution in [0.15, 0.2) is 12.1 Å². The van der Waals surface area contributed by atoms with Gasteiger partial charge >= 0.3 is 0 Å². The molecular formula is C14H21NO. The first kappa shape index (κ1) is 11.5. The van der Waals surface area contributed by atoms with Crippen molar-refractivity contribution >= 4 is 0 Å². The summed E-state index contributed by atoms with van der Waals surface area (Å²) in [5.41, 5.74) is 3.82. The molecule has 0 atom stereocenters. The lowest BCUT2D eigenvalue weighted by Crippen LogP contribution is -2.34. The third-order valence-electron chi connectivity index (χ3n) is 3.39. The molecule has 16 heavy (non-hydrogen) atoms. The number of hydrogen-bond acceptors (Lipinski definition) is 2. The van der Waals surface area contributed by atoms with Gasteiger partial charge in [-0.2, -0.15) is 0 Å². The average molecular weight is 219 g/mol. The van der Waals surface area contributed by atoms with Gasteiger partial charge in [0.2, 0.25) is 0 Å². The van der Waals surface area contributed by atoms with Gasteiger partial charge in [-0.25, -0.2) is 0 Å². The van der Waals surface area contributed by atoms with Crippen LogP contribution in [0.5, 0.6) is 5.75 Å². The van der Waals surface area contributed by atoms with E-state index >= 15 is 0 Å². The molecule has 0 saturated heterocycles. The Morgan fingerprint density at radius 2 is 2.06 bits per heavy atom. The molecule has 1 N–H and O–H groups in total. The lowest BCUT2D eigenvalue weighted by atomic mass is 9.93. The fourth-order valence-corrected chi connectivity index (χ4v) is 2.33. The lowest BCUT2D eigenvalue weighted by molar-refractivity contribution is 0.334. The third-order valence-corrected chi connectivity index (χ3v) is 3.39. The predicted octanol–water partition coefficient (Wildman–Crippen LogP) is 2.95. The van der Waals surface area contributed by atoms with Gasteiger partial charge in [-0.05, 0) is 32.3 Å². The van der Waals surface area contributed by atoms with Gasteiger partial charge in [-0.15, -0.1) is 0 Å². The molecule has 2 heteroatoms. The first-order valence-corrected chi connectivity index (χ1v) is 6.08. The van der Waals surface area contributed by atoms with Crippen molar-refractivity contribution in [2.24, 2.45) is 0 Å². The van der Waals surface area contributed by atoms with Crippen LogP contribution in [0.3, 0.4) is 0 Å². The van der Waals surface area contributed by atoms with Crippen LogP contribution >= 0.6 is 0 Å². The van der Waals surface area contributed by atoms with Gasteiger partial charge in [0.1, 0.15) is 5.75 Å². The van der Waals surface area contributed by atoms with E-state index in [0.717, 1.165) is 18.3 Å². The number of benzene rings is 1. The largest absolute Gasteiger partial charge is 0.496 e. The molecule has 1 aromatic rings. The van der Waals surface area contributed by atoms with Gasteiger partial charge in [0.05, 0.1) is 7.11 Å². The number of rotatable bonds is 4.